The van der Waals surface area contributed by atoms with Gasteiger partial charge in [-0.25, -0.2) is 0 Å². The van der Waals surface area contributed by atoms with Gasteiger partial charge in [0.05, 0.1) is 0 Å². The summed E-state index contributed by atoms with van der Waals surface area (Å²) in [5, 5.41) is 1.72. The van der Waals surface area contributed by atoms with Gasteiger partial charge in [0, 0.05) is 11.1 Å². The summed E-state index contributed by atoms with van der Waals surface area (Å²) in [7, 11) is -2.35. The molecule has 0 radical (unpaired) electrons. The Bertz CT molecular complexity index is 196. The van der Waals surface area contributed by atoms with E-state index in [1.54, 1.807) is 5.02 Å². The Morgan fingerprint density at radius 3 is 2.14 bits per heavy atom. The maximum atomic E-state index is 9.46. The topological polar surface area (TPSA) is 51.2 Å². The smallest absolute Gasteiger partial charge is 0.260 e. The molecular formula is C3H2O3S. The van der Waals surface area contributed by atoms with Gasteiger partial charge in [0.1, 0.15) is 0 Å². The molecule has 0 aromatic heterocycles. The average molecular weight is 118 g/mol. The van der Waals surface area contributed by atoms with Crippen molar-refractivity contribution in [2.45, 2.75) is 0 Å². The fourth-order valence-electron chi connectivity index (χ4n) is 0.0833. The Morgan fingerprint density at radius 2 is 2.00 bits per heavy atom. The quantitative estimate of drug-likeness (QED) is 0.252. The van der Waals surface area contributed by atoms with Gasteiger partial charge in [0.25, 0.3) is 10.3 Å². The lowest BCUT2D eigenvalue weighted by molar-refractivity contribution is -0.104. The van der Waals surface area contributed by atoms with Crippen LogP contribution in [-0.4, -0.2) is 19.7 Å². The summed E-state index contributed by atoms with van der Waals surface area (Å²) in [5.74, 6) is 0. The van der Waals surface area contributed by atoms with Crippen LogP contribution in [0.25, 0.3) is 0 Å². The SMILES string of the molecule is O=CC=C=S(=O)=O. The van der Waals surface area contributed by atoms with E-state index in [1.807, 2.05) is 0 Å². The van der Waals surface area contributed by atoms with Gasteiger partial charge in [-0.1, -0.05) is 0 Å². The molecule has 4 heteroatoms. The second kappa shape index (κ2) is 3.33. The molecule has 0 atom stereocenters. The Hall–Kier alpha value is -0.860. The maximum Gasteiger partial charge on any atom is 0.260 e. The Morgan fingerprint density at radius 1 is 1.43 bits per heavy atom. The van der Waals surface area contributed by atoms with Crippen LogP contribution in [0.2, 0.25) is 0 Å². The zero-order valence-electron chi connectivity index (χ0n) is 3.29. The van der Waals surface area contributed by atoms with Gasteiger partial charge in [-0.3, -0.25) is 4.79 Å². The molecule has 0 saturated carbocycles. The first kappa shape index (κ1) is 6.14. The zero-order valence-corrected chi connectivity index (χ0v) is 4.10. The van der Waals surface area contributed by atoms with Crippen molar-refractivity contribution in [2.75, 3.05) is 0 Å². The molecule has 0 aromatic carbocycles. The Balaban J connectivity index is 4.50. The van der Waals surface area contributed by atoms with Crippen LogP contribution in [-0.2, 0) is 15.1 Å². The monoisotopic (exact) mass is 118 g/mol. The third-order valence-corrected chi connectivity index (χ3v) is 0.561. The minimum absolute atomic E-state index is 0.343. The van der Waals surface area contributed by atoms with Crippen molar-refractivity contribution in [3.8, 4) is 0 Å². The highest BCUT2D eigenvalue weighted by Gasteiger charge is 1.55. The van der Waals surface area contributed by atoms with Crippen LogP contribution in [0.4, 0.5) is 0 Å². The highest BCUT2D eigenvalue weighted by atomic mass is 32.2. The molecule has 0 rings (SSSR count). The van der Waals surface area contributed by atoms with Crippen LogP contribution in [0.15, 0.2) is 6.08 Å². The minimum Gasteiger partial charge on any atom is -0.298 e. The first-order valence-electron chi connectivity index (χ1n) is 1.40. The van der Waals surface area contributed by atoms with Crippen molar-refractivity contribution in [2.24, 2.45) is 0 Å². The molecule has 0 fully saturated rings. The molecule has 0 bridgehead atoms. The fraction of sp³-hybridized carbons (Fsp3) is 0. The molecule has 0 N–H and O–H groups in total. The predicted octanol–water partition coefficient (Wildman–Crippen LogP) is -0.978. The van der Waals surface area contributed by atoms with Gasteiger partial charge in [-0.05, 0) is 0 Å². The highest BCUT2D eigenvalue weighted by molar-refractivity contribution is 7.70. The summed E-state index contributed by atoms with van der Waals surface area (Å²) >= 11 is 0. The average Bonchev–Trinajstić information content (AvgIpc) is 1.61. The summed E-state index contributed by atoms with van der Waals surface area (Å²) in [5.41, 5.74) is 0. The van der Waals surface area contributed by atoms with Gasteiger partial charge in [0.2, 0.25) is 0 Å². The first-order valence-corrected chi connectivity index (χ1v) is 2.47. The van der Waals surface area contributed by atoms with Gasteiger partial charge in [0.15, 0.2) is 6.29 Å². The van der Waals surface area contributed by atoms with E-state index in [0.29, 0.717) is 6.29 Å². The third kappa shape index (κ3) is 5.14. The Kier molecular flexibility index (Phi) is 2.92. The predicted molar refractivity (Wildman–Crippen MR) is 24.6 cm³/mol. The third-order valence-electron chi connectivity index (χ3n) is 0.232. The number of carbonyl (C=O) groups excluding carboxylic acids is 1. The minimum atomic E-state index is -2.35. The summed E-state index contributed by atoms with van der Waals surface area (Å²) in [6.07, 6.45) is 1.12. The number of carbonyl (C=O) groups is 1. The fourth-order valence-corrected chi connectivity index (χ4v) is 0.250. The van der Waals surface area contributed by atoms with Crippen molar-refractivity contribution in [1.29, 1.82) is 0 Å². The second-order valence-corrected chi connectivity index (χ2v) is 1.36. The normalized spacial score (nSPS) is 6.29. The molecule has 0 saturated heterocycles. The maximum absolute atomic E-state index is 9.46. The molecule has 3 nitrogen and oxygen atoms in total. The molecule has 0 amide bonds. The lowest BCUT2D eigenvalue weighted by Crippen LogP contribution is -1.59. The number of rotatable bonds is 1. The van der Waals surface area contributed by atoms with Gasteiger partial charge in [-0.15, -0.1) is 0 Å². The van der Waals surface area contributed by atoms with E-state index in [1.165, 1.54) is 0 Å². The van der Waals surface area contributed by atoms with Gasteiger partial charge >= 0.3 is 0 Å². The first-order chi connectivity index (χ1) is 3.27. The van der Waals surface area contributed by atoms with Crippen molar-refractivity contribution in [3.05, 3.63) is 6.08 Å². The zero-order chi connectivity index (χ0) is 5.70. The van der Waals surface area contributed by atoms with Crippen LogP contribution < -0.4 is 0 Å². The number of aldehydes is 1. The summed E-state index contributed by atoms with van der Waals surface area (Å²) in [6.45, 7) is 0. The highest BCUT2D eigenvalue weighted by Crippen LogP contribution is 1.39. The van der Waals surface area contributed by atoms with Crippen LogP contribution >= 0.6 is 0 Å². The lowest BCUT2D eigenvalue weighted by Gasteiger charge is -1.42. The lowest BCUT2D eigenvalue weighted by atomic mass is 10.8. The summed E-state index contributed by atoms with van der Waals surface area (Å²) < 4.78 is 18.9. The molecule has 0 spiro atoms. The molecule has 38 valence electrons. The van der Waals surface area contributed by atoms with E-state index >= 15 is 0 Å². The van der Waals surface area contributed by atoms with E-state index in [4.69, 9.17) is 0 Å². The van der Waals surface area contributed by atoms with Crippen molar-refractivity contribution >= 4 is 21.6 Å². The molecule has 0 aliphatic carbocycles. The van der Waals surface area contributed by atoms with Gasteiger partial charge < -0.3 is 0 Å². The number of hydrogen-bond acceptors (Lipinski definition) is 3. The molecule has 0 unspecified atom stereocenters. The number of hydrogen-bond donors (Lipinski definition) is 0. The van der Waals surface area contributed by atoms with E-state index in [9.17, 15) is 13.2 Å². The van der Waals surface area contributed by atoms with E-state index in [2.05, 4.69) is 0 Å². The van der Waals surface area contributed by atoms with Crippen molar-refractivity contribution < 1.29 is 13.2 Å². The Labute approximate surface area is 41.8 Å². The van der Waals surface area contributed by atoms with Crippen LogP contribution in [0.3, 0.4) is 0 Å². The van der Waals surface area contributed by atoms with Gasteiger partial charge in [-0.2, -0.15) is 8.42 Å². The molecule has 0 aliphatic heterocycles. The number of allylic oxidation sites excluding steroid dienone is 1. The summed E-state index contributed by atoms with van der Waals surface area (Å²) in [4.78, 5) is 9.32. The van der Waals surface area contributed by atoms with E-state index in [0.717, 1.165) is 6.08 Å². The molecule has 7 heavy (non-hydrogen) atoms. The molecule has 0 aliphatic rings. The largest absolute Gasteiger partial charge is 0.298 e. The molecule has 0 aromatic rings. The van der Waals surface area contributed by atoms with E-state index < -0.39 is 10.3 Å². The van der Waals surface area contributed by atoms with E-state index in [-0.39, 0.29) is 0 Å². The van der Waals surface area contributed by atoms with Crippen molar-refractivity contribution in [1.82, 2.24) is 0 Å². The van der Waals surface area contributed by atoms with Crippen LogP contribution in [0.1, 0.15) is 0 Å². The molecular weight excluding hydrogens is 116 g/mol. The van der Waals surface area contributed by atoms with Crippen LogP contribution in [0, 0.1) is 0 Å². The molecule has 0 heterocycles. The second-order valence-electron chi connectivity index (χ2n) is 0.655. The van der Waals surface area contributed by atoms with Crippen LogP contribution in [0.5, 0.6) is 0 Å². The summed E-state index contributed by atoms with van der Waals surface area (Å²) in [6, 6.07) is 0. The standard InChI is InChI=1S/C3H2O3S/c4-2-1-3-7(5)6/h1-2H. The van der Waals surface area contributed by atoms with Crippen molar-refractivity contribution in [3.63, 3.8) is 0 Å².